The van der Waals surface area contributed by atoms with Gasteiger partial charge < -0.3 is 15.0 Å². The number of hydrogen-bond donors (Lipinski definition) is 1. The molecule has 1 atom stereocenters. The quantitative estimate of drug-likeness (QED) is 0.894. The number of hydrogen-bond acceptors (Lipinski definition) is 5. The zero-order chi connectivity index (χ0) is 18.5. The van der Waals surface area contributed by atoms with Crippen molar-refractivity contribution in [3.8, 4) is 5.75 Å². The summed E-state index contributed by atoms with van der Waals surface area (Å²) in [7, 11) is 0. The first-order valence-electron chi connectivity index (χ1n) is 9.09. The number of nitrogens with zero attached hydrogens (tertiary/aromatic N) is 3. The minimum Gasteiger partial charge on any atom is -0.481 e. The second kappa shape index (κ2) is 8.17. The highest BCUT2D eigenvalue weighted by atomic mass is 16.5. The summed E-state index contributed by atoms with van der Waals surface area (Å²) in [6, 6.07) is 8.13. The van der Waals surface area contributed by atoms with Gasteiger partial charge in [-0.15, -0.1) is 0 Å². The van der Waals surface area contributed by atoms with Crippen LogP contribution in [0.15, 0.2) is 36.7 Å². The molecular weight excluding hydrogens is 328 g/mol. The van der Waals surface area contributed by atoms with Crippen LogP contribution in [-0.2, 0) is 4.79 Å². The highest BCUT2D eigenvalue weighted by Gasteiger charge is 2.27. The molecule has 0 unspecified atom stereocenters. The number of likely N-dealkylation sites (tertiary alicyclic amines) is 1. The van der Waals surface area contributed by atoms with Gasteiger partial charge in [0, 0.05) is 31.5 Å². The number of carbonyl (C=O) groups excluding carboxylic acids is 1. The molecule has 1 aliphatic rings. The Morgan fingerprint density at radius 2 is 1.92 bits per heavy atom. The molecule has 0 radical (unpaired) electrons. The summed E-state index contributed by atoms with van der Waals surface area (Å²) in [5, 5.41) is 3.33. The van der Waals surface area contributed by atoms with E-state index in [2.05, 4.69) is 15.3 Å². The number of rotatable bonds is 5. The highest BCUT2D eigenvalue weighted by molar-refractivity contribution is 5.81. The van der Waals surface area contributed by atoms with Gasteiger partial charge in [-0.25, -0.2) is 9.97 Å². The second-order valence-electron chi connectivity index (χ2n) is 6.85. The van der Waals surface area contributed by atoms with Gasteiger partial charge in [-0.2, -0.15) is 0 Å². The van der Waals surface area contributed by atoms with Crippen molar-refractivity contribution in [1.82, 2.24) is 14.9 Å². The fourth-order valence-corrected chi connectivity index (χ4v) is 3.13. The third-order valence-corrected chi connectivity index (χ3v) is 4.70. The molecular formula is C20H26N4O2. The Kier molecular flexibility index (Phi) is 5.71. The number of nitrogens with one attached hydrogen (secondary N) is 1. The molecule has 1 aromatic carbocycles. The molecule has 1 aliphatic heterocycles. The molecule has 0 aliphatic carbocycles. The van der Waals surface area contributed by atoms with Crippen LogP contribution in [0.3, 0.4) is 0 Å². The molecule has 1 fully saturated rings. The van der Waals surface area contributed by atoms with Crippen molar-refractivity contribution in [1.29, 1.82) is 0 Å². The van der Waals surface area contributed by atoms with Gasteiger partial charge in [0.15, 0.2) is 6.10 Å². The summed E-state index contributed by atoms with van der Waals surface area (Å²) in [4.78, 5) is 23.0. The fourth-order valence-electron chi connectivity index (χ4n) is 3.13. The van der Waals surface area contributed by atoms with Crippen molar-refractivity contribution in [3.63, 3.8) is 0 Å². The van der Waals surface area contributed by atoms with Gasteiger partial charge in [-0.3, -0.25) is 4.79 Å². The summed E-state index contributed by atoms with van der Waals surface area (Å²) < 4.78 is 5.94. The predicted octanol–water partition coefficient (Wildman–Crippen LogP) is 2.96. The molecule has 26 heavy (non-hydrogen) atoms. The van der Waals surface area contributed by atoms with Gasteiger partial charge in [0.25, 0.3) is 5.91 Å². The van der Waals surface area contributed by atoms with Crippen LogP contribution in [0.4, 0.5) is 5.95 Å². The van der Waals surface area contributed by atoms with E-state index in [1.807, 2.05) is 43.9 Å². The van der Waals surface area contributed by atoms with Crippen molar-refractivity contribution >= 4 is 11.9 Å². The van der Waals surface area contributed by atoms with E-state index in [-0.39, 0.29) is 11.9 Å². The Morgan fingerprint density at radius 1 is 1.23 bits per heavy atom. The molecule has 2 aromatic rings. The van der Waals surface area contributed by atoms with Crippen LogP contribution in [0.5, 0.6) is 5.75 Å². The first-order valence-corrected chi connectivity index (χ1v) is 9.09. The summed E-state index contributed by atoms with van der Waals surface area (Å²) in [6.07, 6.45) is 4.71. The molecule has 0 bridgehead atoms. The van der Waals surface area contributed by atoms with Crippen LogP contribution in [-0.4, -0.2) is 46.0 Å². The van der Waals surface area contributed by atoms with Crippen LogP contribution in [0, 0.1) is 13.8 Å². The van der Waals surface area contributed by atoms with Crippen molar-refractivity contribution < 1.29 is 9.53 Å². The standard InChI is InChI=1S/C20H26N4O2/c1-14-5-6-15(2)18(13-14)26-16(3)19(25)24-11-7-17(8-12-24)23-20-21-9-4-10-22-20/h4-6,9-10,13,16-17H,7-8,11-12H2,1-3H3,(H,21,22,23)/t16-/m1/s1. The second-order valence-corrected chi connectivity index (χ2v) is 6.85. The van der Waals surface area contributed by atoms with E-state index < -0.39 is 6.10 Å². The Balaban J connectivity index is 1.52. The molecule has 1 amide bonds. The van der Waals surface area contributed by atoms with Gasteiger partial charge in [-0.1, -0.05) is 12.1 Å². The number of ether oxygens (including phenoxy) is 1. The van der Waals surface area contributed by atoms with Gasteiger partial charge in [0.05, 0.1) is 0 Å². The maximum atomic E-state index is 12.7. The van der Waals surface area contributed by atoms with Crippen molar-refractivity contribution in [3.05, 3.63) is 47.8 Å². The maximum absolute atomic E-state index is 12.7. The third-order valence-electron chi connectivity index (χ3n) is 4.70. The van der Waals surface area contributed by atoms with E-state index in [9.17, 15) is 4.79 Å². The smallest absolute Gasteiger partial charge is 0.263 e. The molecule has 1 N–H and O–H groups in total. The zero-order valence-electron chi connectivity index (χ0n) is 15.6. The number of carbonyl (C=O) groups is 1. The van der Waals surface area contributed by atoms with Crippen molar-refractivity contribution in [2.24, 2.45) is 0 Å². The van der Waals surface area contributed by atoms with E-state index in [1.165, 1.54) is 0 Å². The van der Waals surface area contributed by atoms with E-state index >= 15 is 0 Å². The first-order chi connectivity index (χ1) is 12.5. The molecule has 1 aromatic heterocycles. The molecule has 6 heteroatoms. The van der Waals surface area contributed by atoms with Gasteiger partial charge in [0.1, 0.15) is 5.75 Å². The van der Waals surface area contributed by atoms with Gasteiger partial charge in [-0.05, 0) is 56.9 Å². The summed E-state index contributed by atoms with van der Waals surface area (Å²) in [5.41, 5.74) is 2.17. The van der Waals surface area contributed by atoms with Crippen molar-refractivity contribution in [2.45, 2.75) is 45.8 Å². The van der Waals surface area contributed by atoms with Crippen LogP contribution >= 0.6 is 0 Å². The molecule has 2 heterocycles. The van der Waals surface area contributed by atoms with Crippen LogP contribution in [0.1, 0.15) is 30.9 Å². The number of benzene rings is 1. The summed E-state index contributed by atoms with van der Waals surface area (Å²) >= 11 is 0. The zero-order valence-corrected chi connectivity index (χ0v) is 15.6. The number of aromatic nitrogens is 2. The van der Waals surface area contributed by atoms with Gasteiger partial charge >= 0.3 is 0 Å². The van der Waals surface area contributed by atoms with E-state index in [1.54, 1.807) is 18.5 Å². The number of anilines is 1. The van der Waals surface area contributed by atoms with E-state index in [0.717, 1.165) is 29.7 Å². The molecule has 0 saturated carbocycles. The third kappa shape index (κ3) is 4.50. The summed E-state index contributed by atoms with van der Waals surface area (Å²) in [6.45, 7) is 7.27. The normalized spacial score (nSPS) is 16.2. The number of amides is 1. The minimum absolute atomic E-state index is 0.0420. The number of aryl methyl sites for hydroxylation is 2. The predicted molar refractivity (Wildman–Crippen MR) is 101 cm³/mol. The lowest BCUT2D eigenvalue weighted by molar-refractivity contribution is -0.138. The highest BCUT2D eigenvalue weighted by Crippen LogP contribution is 2.22. The average Bonchev–Trinajstić information content (AvgIpc) is 2.65. The molecule has 1 saturated heterocycles. The lowest BCUT2D eigenvalue weighted by Gasteiger charge is -2.34. The molecule has 3 rings (SSSR count). The Bertz CT molecular complexity index is 743. The van der Waals surface area contributed by atoms with Crippen LogP contribution < -0.4 is 10.1 Å². The number of piperidine rings is 1. The Morgan fingerprint density at radius 3 is 2.62 bits per heavy atom. The molecule has 138 valence electrons. The van der Waals surface area contributed by atoms with Crippen LogP contribution in [0.2, 0.25) is 0 Å². The SMILES string of the molecule is Cc1ccc(C)c(O[C@H](C)C(=O)N2CCC(Nc3ncccn3)CC2)c1. The fraction of sp³-hybridized carbons (Fsp3) is 0.450. The largest absolute Gasteiger partial charge is 0.481 e. The van der Waals surface area contributed by atoms with Crippen LogP contribution in [0.25, 0.3) is 0 Å². The monoisotopic (exact) mass is 354 g/mol. The lowest BCUT2D eigenvalue weighted by atomic mass is 10.0. The average molecular weight is 354 g/mol. The topological polar surface area (TPSA) is 67.3 Å². The minimum atomic E-state index is -0.488. The van der Waals surface area contributed by atoms with E-state index in [0.29, 0.717) is 19.0 Å². The summed E-state index contributed by atoms with van der Waals surface area (Å²) in [5.74, 6) is 1.47. The Labute approximate surface area is 154 Å². The van der Waals surface area contributed by atoms with Gasteiger partial charge in [0.2, 0.25) is 5.95 Å². The first kappa shape index (κ1) is 18.2. The van der Waals surface area contributed by atoms with E-state index in [4.69, 9.17) is 4.74 Å². The molecule has 0 spiro atoms. The Hall–Kier alpha value is -2.63. The molecule has 6 nitrogen and oxygen atoms in total. The lowest BCUT2D eigenvalue weighted by Crippen LogP contribution is -2.47. The van der Waals surface area contributed by atoms with Crippen molar-refractivity contribution in [2.75, 3.05) is 18.4 Å². The maximum Gasteiger partial charge on any atom is 0.263 e.